The second-order valence-electron chi connectivity index (χ2n) is 7.11. The number of fused-ring (bicyclic) bond motifs is 1. The summed E-state index contributed by atoms with van der Waals surface area (Å²) in [5.41, 5.74) is 2.59. The highest BCUT2D eigenvalue weighted by Gasteiger charge is 2.28. The zero-order valence-electron chi connectivity index (χ0n) is 16.3. The third-order valence-corrected chi connectivity index (χ3v) is 6.65. The summed E-state index contributed by atoms with van der Waals surface area (Å²) in [5, 5.41) is 12.7. The maximum atomic E-state index is 12.3. The van der Waals surface area contributed by atoms with E-state index < -0.39 is 0 Å². The van der Waals surface area contributed by atoms with Crippen molar-refractivity contribution < 1.29 is 9.53 Å². The quantitative estimate of drug-likeness (QED) is 0.398. The lowest BCUT2D eigenvalue weighted by Crippen LogP contribution is -2.30. The van der Waals surface area contributed by atoms with Gasteiger partial charge in [-0.1, -0.05) is 18.5 Å². The summed E-state index contributed by atoms with van der Waals surface area (Å²) in [6, 6.07) is 0. The Labute approximate surface area is 179 Å². The third-order valence-electron chi connectivity index (χ3n) is 4.86. The first kappa shape index (κ1) is 21.1. The molecule has 0 saturated heterocycles. The summed E-state index contributed by atoms with van der Waals surface area (Å²) in [6.45, 7) is 5.57. The lowest BCUT2D eigenvalue weighted by molar-refractivity contribution is 0.0601. The number of ether oxygens (including phenoxy) is 1. The summed E-state index contributed by atoms with van der Waals surface area (Å²) in [4.78, 5) is 13.6. The van der Waals surface area contributed by atoms with Crippen molar-refractivity contribution in [2.45, 2.75) is 46.1 Å². The van der Waals surface area contributed by atoms with Crippen molar-refractivity contribution in [3.05, 3.63) is 32.9 Å². The number of thiophene rings is 1. The van der Waals surface area contributed by atoms with E-state index in [1.807, 2.05) is 17.8 Å². The van der Waals surface area contributed by atoms with Crippen molar-refractivity contribution in [3.63, 3.8) is 0 Å². The number of methoxy groups -OCH3 is 1. The average molecular weight is 441 g/mol. The highest BCUT2D eigenvalue weighted by Crippen LogP contribution is 2.39. The molecule has 0 aliphatic heterocycles. The summed E-state index contributed by atoms with van der Waals surface area (Å²) < 4.78 is 6.85. The molecule has 152 valence electrons. The van der Waals surface area contributed by atoms with Gasteiger partial charge < -0.3 is 15.4 Å². The Morgan fingerprint density at radius 3 is 3.00 bits per heavy atom. The molecule has 2 aromatic heterocycles. The first-order valence-electron chi connectivity index (χ1n) is 9.36. The van der Waals surface area contributed by atoms with E-state index in [2.05, 4.69) is 22.7 Å². The number of halogens is 1. The number of thiocarbonyl (C=S) groups is 1. The van der Waals surface area contributed by atoms with Crippen LogP contribution in [-0.4, -0.2) is 34.5 Å². The van der Waals surface area contributed by atoms with E-state index in [-0.39, 0.29) is 5.97 Å². The van der Waals surface area contributed by atoms with Gasteiger partial charge in [0.05, 0.1) is 23.4 Å². The van der Waals surface area contributed by atoms with E-state index in [4.69, 9.17) is 28.6 Å². The van der Waals surface area contributed by atoms with E-state index in [1.165, 1.54) is 12.0 Å². The third kappa shape index (κ3) is 4.85. The van der Waals surface area contributed by atoms with Gasteiger partial charge in [0.2, 0.25) is 0 Å². The molecule has 0 aromatic carbocycles. The number of aryl methyl sites for hydroxylation is 2. The van der Waals surface area contributed by atoms with E-state index in [9.17, 15) is 4.79 Å². The van der Waals surface area contributed by atoms with Gasteiger partial charge in [0.25, 0.3) is 0 Å². The second kappa shape index (κ2) is 9.24. The number of hydrogen-bond donors (Lipinski definition) is 2. The van der Waals surface area contributed by atoms with Gasteiger partial charge in [0.15, 0.2) is 5.11 Å². The number of aromatic nitrogens is 2. The summed E-state index contributed by atoms with van der Waals surface area (Å²) in [7, 11) is 1.42. The van der Waals surface area contributed by atoms with Gasteiger partial charge in [-0.3, -0.25) is 4.68 Å². The molecule has 2 heterocycles. The molecule has 0 saturated carbocycles. The lowest BCUT2D eigenvalue weighted by Gasteiger charge is -2.18. The molecule has 1 atom stereocenters. The van der Waals surface area contributed by atoms with Gasteiger partial charge in [0.1, 0.15) is 5.00 Å². The lowest BCUT2D eigenvalue weighted by atomic mass is 9.88. The van der Waals surface area contributed by atoms with Crippen LogP contribution in [0.15, 0.2) is 6.20 Å². The fourth-order valence-electron chi connectivity index (χ4n) is 3.36. The van der Waals surface area contributed by atoms with Crippen LogP contribution in [0.3, 0.4) is 0 Å². The molecule has 28 heavy (non-hydrogen) atoms. The van der Waals surface area contributed by atoms with E-state index in [0.717, 1.165) is 48.5 Å². The molecule has 9 heteroatoms. The van der Waals surface area contributed by atoms with Crippen LogP contribution in [0.2, 0.25) is 5.02 Å². The number of carbonyl (C=O) groups excluding carboxylic acids is 1. The summed E-state index contributed by atoms with van der Waals surface area (Å²) in [6.07, 6.45) is 5.67. The normalized spacial score (nSPS) is 15.8. The number of nitrogens with zero attached hydrogens (tertiary/aromatic N) is 2. The minimum Gasteiger partial charge on any atom is -0.465 e. The molecule has 0 radical (unpaired) electrons. The zero-order chi connectivity index (χ0) is 20.3. The van der Waals surface area contributed by atoms with Crippen molar-refractivity contribution in [3.8, 4) is 0 Å². The van der Waals surface area contributed by atoms with E-state index in [0.29, 0.717) is 28.2 Å². The first-order valence-corrected chi connectivity index (χ1v) is 11.0. The largest absolute Gasteiger partial charge is 0.465 e. The Morgan fingerprint density at radius 2 is 2.32 bits per heavy atom. The SMILES string of the molecule is COC(=O)c1c(NC(=S)NCCCn2cc(Cl)c(C)n2)sc2c1CCC(C)C2. The van der Waals surface area contributed by atoms with Crippen LogP contribution in [0.5, 0.6) is 0 Å². The topological polar surface area (TPSA) is 68.2 Å². The number of rotatable bonds is 6. The van der Waals surface area contributed by atoms with Crippen LogP contribution in [0.25, 0.3) is 0 Å². The number of carbonyl (C=O) groups is 1. The minimum absolute atomic E-state index is 0.303. The van der Waals surface area contributed by atoms with Gasteiger partial charge >= 0.3 is 5.97 Å². The smallest absolute Gasteiger partial charge is 0.341 e. The number of anilines is 1. The second-order valence-corrected chi connectivity index (χ2v) is 9.03. The molecule has 1 aliphatic carbocycles. The highest BCUT2D eigenvalue weighted by atomic mass is 35.5. The van der Waals surface area contributed by atoms with Crippen molar-refractivity contribution in [1.82, 2.24) is 15.1 Å². The van der Waals surface area contributed by atoms with Gasteiger partial charge in [-0.15, -0.1) is 11.3 Å². The fourth-order valence-corrected chi connectivity index (χ4v) is 5.18. The fraction of sp³-hybridized carbons (Fsp3) is 0.526. The molecule has 6 nitrogen and oxygen atoms in total. The average Bonchev–Trinajstić information content (AvgIpc) is 3.16. The van der Waals surface area contributed by atoms with Gasteiger partial charge in [-0.2, -0.15) is 5.10 Å². The molecule has 2 N–H and O–H groups in total. The summed E-state index contributed by atoms with van der Waals surface area (Å²) >= 11 is 13.1. The Hall–Kier alpha value is -1.64. The van der Waals surface area contributed by atoms with Crippen molar-refractivity contribution in [2.24, 2.45) is 5.92 Å². The molecule has 0 spiro atoms. The van der Waals surface area contributed by atoms with Crippen LogP contribution in [0.4, 0.5) is 5.00 Å². The highest BCUT2D eigenvalue weighted by molar-refractivity contribution is 7.80. The van der Waals surface area contributed by atoms with E-state index >= 15 is 0 Å². The predicted octanol–water partition coefficient (Wildman–Crippen LogP) is 4.19. The molecule has 0 bridgehead atoms. The number of esters is 1. The number of nitrogens with one attached hydrogen (secondary N) is 2. The minimum atomic E-state index is -0.303. The van der Waals surface area contributed by atoms with Crippen molar-refractivity contribution in [1.29, 1.82) is 0 Å². The predicted molar refractivity (Wildman–Crippen MR) is 118 cm³/mol. The molecule has 3 rings (SSSR count). The monoisotopic (exact) mass is 440 g/mol. The first-order chi connectivity index (χ1) is 13.4. The molecule has 2 aromatic rings. The standard InChI is InChI=1S/C19H25ClN4O2S2/c1-11-5-6-13-15(9-11)28-17(16(13)18(25)26-3)22-19(27)21-7-4-8-24-10-14(20)12(2)23-24/h10-11H,4-9H2,1-3H3,(H2,21,22,27). The zero-order valence-corrected chi connectivity index (χ0v) is 18.7. The maximum absolute atomic E-state index is 12.3. The maximum Gasteiger partial charge on any atom is 0.341 e. The molecule has 1 unspecified atom stereocenters. The van der Waals surface area contributed by atoms with Crippen LogP contribution < -0.4 is 10.6 Å². The van der Waals surface area contributed by atoms with Crippen molar-refractivity contribution in [2.75, 3.05) is 19.0 Å². The number of hydrogen-bond acceptors (Lipinski definition) is 5. The molecule has 0 fully saturated rings. The van der Waals surface area contributed by atoms with Crippen molar-refractivity contribution >= 4 is 51.2 Å². The van der Waals surface area contributed by atoms with Crippen LogP contribution >= 0.6 is 35.2 Å². The van der Waals surface area contributed by atoms with E-state index in [1.54, 1.807) is 11.3 Å². The Kier molecular flexibility index (Phi) is 6.95. The Morgan fingerprint density at radius 1 is 1.54 bits per heavy atom. The molecular weight excluding hydrogens is 416 g/mol. The van der Waals surface area contributed by atoms with Crippen LogP contribution in [0, 0.1) is 12.8 Å². The Balaban J connectivity index is 1.58. The molecule has 0 amide bonds. The summed E-state index contributed by atoms with van der Waals surface area (Å²) in [5.74, 6) is 0.331. The van der Waals surface area contributed by atoms with Gasteiger partial charge in [0, 0.05) is 24.2 Å². The molecular formula is C19H25ClN4O2S2. The molecule has 1 aliphatic rings. The van der Waals surface area contributed by atoms with Crippen LogP contribution in [-0.2, 0) is 24.1 Å². The van der Waals surface area contributed by atoms with Gasteiger partial charge in [-0.05, 0) is 56.3 Å². The van der Waals surface area contributed by atoms with Gasteiger partial charge in [-0.25, -0.2) is 4.79 Å². The Bertz CT molecular complexity index is 858. The van der Waals surface area contributed by atoms with Crippen LogP contribution in [0.1, 0.15) is 46.3 Å².